The van der Waals surface area contributed by atoms with Crippen LogP contribution in [0.25, 0.3) is 17.2 Å². The highest BCUT2D eigenvalue weighted by atomic mass is 35.5. The second-order valence-electron chi connectivity index (χ2n) is 4.02. The Bertz CT molecular complexity index is 729. The molecular formula is C13H10ClN5O. The molecule has 0 spiro atoms. The summed E-state index contributed by atoms with van der Waals surface area (Å²) >= 11 is 5.90. The molecule has 0 aliphatic heterocycles. The first-order valence-corrected chi connectivity index (χ1v) is 6.28. The van der Waals surface area contributed by atoms with E-state index in [0.717, 1.165) is 5.56 Å². The molecule has 2 aromatic heterocycles. The molecule has 0 aliphatic carbocycles. The number of halogens is 1. The summed E-state index contributed by atoms with van der Waals surface area (Å²) in [6, 6.07) is 12.8. The zero-order valence-corrected chi connectivity index (χ0v) is 11.1. The first-order valence-electron chi connectivity index (χ1n) is 5.90. The van der Waals surface area contributed by atoms with Gasteiger partial charge in [-0.25, -0.2) is 4.98 Å². The average Bonchev–Trinajstić information content (AvgIpc) is 2.98. The van der Waals surface area contributed by atoms with Gasteiger partial charge in [0.25, 0.3) is 0 Å². The van der Waals surface area contributed by atoms with Crippen LogP contribution >= 0.6 is 11.6 Å². The van der Waals surface area contributed by atoms with Gasteiger partial charge in [-0.3, -0.25) is 0 Å². The number of benzene rings is 1. The Hall–Kier alpha value is -2.31. The van der Waals surface area contributed by atoms with Crippen molar-refractivity contribution in [2.75, 3.05) is 0 Å². The van der Waals surface area contributed by atoms with Gasteiger partial charge in [-0.15, -0.1) is 15.0 Å². The van der Waals surface area contributed by atoms with Gasteiger partial charge < -0.3 is 5.11 Å². The number of hydrogen-bond acceptors (Lipinski definition) is 5. The van der Waals surface area contributed by atoms with E-state index in [0.29, 0.717) is 22.4 Å². The zero-order chi connectivity index (χ0) is 13.9. The summed E-state index contributed by atoms with van der Waals surface area (Å²) in [6.07, 6.45) is 0. The fraction of sp³-hybridized carbons (Fsp3) is 0.0769. The topological polar surface area (TPSA) is 76.7 Å². The van der Waals surface area contributed by atoms with Crippen LogP contribution in [0, 0.1) is 0 Å². The second-order valence-corrected chi connectivity index (χ2v) is 4.43. The summed E-state index contributed by atoms with van der Waals surface area (Å²) in [5, 5.41) is 21.8. The van der Waals surface area contributed by atoms with E-state index in [1.165, 1.54) is 4.80 Å². The molecule has 3 rings (SSSR count). The van der Waals surface area contributed by atoms with Gasteiger partial charge in [-0.05, 0) is 17.3 Å². The summed E-state index contributed by atoms with van der Waals surface area (Å²) < 4.78 is 0. The van der Waals surface area contributed by atoms with Crippen LogP contribution in [-0.2, 0) is 6.61 Å². The van der Waals surface area contributed by atoms with Crippen LogP contribution in [0.2, 0.25) is 5.02 Å². The number of tetrazole rings is 1. The average molecular weight is 288 g/mol. The SMILES string of the molecule is OCc1nc(-n2nnc(-c3ccccc3)n2)ccc1Cl. The minimum atomic E-state index is -0.243. The minimum Gasteiger partial charge on any atom is -0.390 e. The van der Waals surface area contributed by atoms with Crippen LogP contribution < -0.4 is 0 Å². The number of rotatable bonds is 3. The van der Waals surface area contributed by atoms with Crippen molar-refractivity contribution in [2.45, 2.75) is 6.61 Å². The largest absolute Gasteiger partial charge is 0.390 e. The third kappa shape index (κ3) is 2.38. The van der Waals surface area contributed by atoms with E-state index in [9.17, 15) is 0 Å². The van der Waals surface area contributed by atoms with Crippen molar-refractivity contribution in [3.63, 3.8) is 0 Å². The summed E-state index contributed by atoms with van der Waals surface area (Å²) in [4.78, 5) is 5.49. The number of aromatic nitrogens is 5. The lowest BCUT2D eigenvalue weighted by Crippen LogP contribution is -2.04. The Labute approximate surface area is 119 Å². The molecule has 0 atom stereocenters. The van der Waals surface area contributed by atoms with E-state index in [4.69, 9.17) is 16.7 Å². The van der Waals surface area contributed by atoms with Crippen molar-refractivity contribution in [1.29, 1.82) is 0 Å². The second kappa shape index (κ2) is 5.36. The van der Waals surface area contributed by atoms with E-state index in [2.05, 4.69) is 20.4 Å². The van der Waals surface area contributed by atoms with E-state index in [-0.39, 0.29) is 6.61 Å². The number of hydrogen-bond donors (Lipinski definition) is 1. The standard InChI is InChI=1S/C13H10ClN5O/c14-10-6-7-12(15-11(10)8-20)19-17-13(16-18-19)9-4-2-1-3-5-9/h1-7,20H,8H2. The van der Waals surface area contributed by atoms with E-state index >= 15 is 0 Å². The highest BCUT2D eigenvalue weighted by Gasteiger charge is 2.09. The summed E-state index contributed by atoms with van der Waals surface area (Å²) in [6.45, 7) is -0.243. The molecule has 0 radical (unpaired) electrons. The Kier molecular flexibility index (Phi) is 3.41. The van der Waals surface area contributed by atoms with Crippen molar-refractivity contribution in [1.82, 2.24) is 25.2 Å². The van der Waals surface area contributed by atoms with Crippen molar-refractivity contribution >= 4 is 11.6 Å². The van der Waals surface area contributed by atoms with Gasteiger partial charge in [0.1, 0.15) is 0 Å². The third-order valence-corrected chi connectivity index (χ3v) is 3.05. The molecular weight excluding hydrogens is 278 g/mol. The van der Waals surface area contributed by atoms with Gasteiger partial charge in [0.2, 0.25) is 5.82 Å². The van der Waals surface area contributed by atoms with Crippen LogP contribution in [0.5, 0.6) is 0 Å². The van der Waals surface area contributed by atoms with E-state index in [1.807, 2.05) is 30.3 Å². The molecule has 3 aromatic rings. The quantitative estimate of drug-likeness (QED) is 0.796. The molecule has 2 heterocycles. The Morgan fingerprint density at radius 1 is 1.10 bits per heavy atom. The number of pyridine rings is 1. The van der Waals surface area contributed by atoms with Gasteiger partial charge in [0.15, 0.2) is 5.82 Å². The van der Waals surface area contributed by atoms with Gasteiger partial charge in [-0.2, -0.15) is 0 Å². The molecule has 100 valence electrons. The van der Waals surface area contributed by atoms with Crippen LogP contribution in [-0.4, -0.2) is 30.3 Å². The molecule has 20 heavy (non-hydrogen) atoms. The number of aliphatic hydroxyl groups is 1. The third-order valence-electron chi connectivity index (χ3n) is 2.70. The normalized spacial score (nSPS) is 10.7. The lowest BCUT2D eigenvalue weighted by atomic mass is 10.2. The Morgan fingerprint density at radius 2 is 1.90 bits per heavy atom. The zero-order valence-electron chi connectivity index (χ0n) is 10.3. The highest BCUT2D eigenvalue weighted by Crippen LogP contribution is 2.17. The first-order chi connectivity index (χ1) is 9.78. The van der Waals surface area contributed by atoms with Gasteiger partial charge in [0.05, 0.1) is 17.3 Å². The molecule has 6 nitrogen and oxygen atoms in total. The van der Waals surface area contributed by atoms with Crippen molar-refractivity contribution in [2.24, 2.45) is 0 Å². The lowest BCUT2D eigenvalue weighted by molar-refractivity contribution is 0.276. The van der Waals surface area contributed by atoms with Crippen molar-refractivity contribution in [3.8, 4) is 17.2 Å². The maximum absolute atomic E-state index is 9.16. The van der Waals surface area contributed by atoms with Gasteiger partial charge in [0, 0.05) is 5.56 Å². The fourth-order valence-electron chi connectivity index (χ4n) is 1.71. The number of nitrogens with zero attached hydrogens (tertiary/aromatic N) is 5. The molecule has 7 heteroatoms. The van der Waals surface area contributed by atoms with Crippen molar-refractivity contribution < 1.29 is 5.11 Å². The van der Waals surface area contributed by atoms with E-state index in [1.54, 1.807) is 12.1 Å². The Balaban J connectivity index is 1.98. The van der Waals surface area contributed by atoms with Gasteiger partial charge in [-0.1, -0.05) is 41.9 Å². The smallest absolute Gasteiger partial charge is 0.205 e. The monoisotopic (exact) mass is 287 g/mol. The predicted octanol–water partition coefficient (Wildman–Crippen LogP) is 1.87. The summed E-state index contributed by atoms with van der Waals surface area (Å²) in [5.74, 6) is 0.959. The molecule has 0 aliphatic rings. The fourth-order valence-corrected chi connectivity index (χ4v) is 1.87. The van der Waals surface area contributed by atoms with Crippen LogP contribution in [0.1, 0.15) is 5.69 Å². The molecule has 0 saturated carbocycles. The molecule has 0 bridgehead atoms. The molecule has 1 aromatic carbocycles. The van der Waals surface area contributed by atoms with Crippen LogP contribution in [0.4, 0.5) is 0 Å². The lowest BCUT2D eigenvalue weighted by Gasteiger charge is -2.02. The van der Waals surface area contributed by atoms with E-state index < -0.39 is 0 Å². The Morgan fingerprint density at radius 3 is 2.65 bits per heavy atom. The molecule has 0 fully saturated rings. The van der Waals surface area contributed by atoms with Crippen molar-refractivity contribution in [3.05, 3.63) is 53.2 Å². The maximum Gasteiger partial charge on any atom is 0.205 e. The molecule has 1 N–H and O–H groups in total. The molecule has 0 unspecified atom stereocenters. The van der Waals surface area contributed by atoms with Crippen LogP contribution in [0.3, 0.4) is 0 Å². The maximum atomic E-state index is 9.16. The highest BCUT2D eigenvalue weighted by molar-refractivity contribution is 6.31. The molecule has 0 saturated heterocycles. The van der Waals surface area contributed by atoms with Gasteiger partial charge >= 0.3 is 0 Å². The summed E-state index contributed by atoms with van der Waals surface area (Å²) in [5.41, 5.74) is 1.25. The minimum absolute atomic E-state index is 0.243. The van der Waals surface area contributed by atoms with Crippen LogP contribution in [0.15, 0.2) is 42.5 Å². The number of aliphatic hydroxyl groups excluding tert-OH is 1. The predicted molar refractivity (Wildman–Crippen MR) is 73.3 cm³/mol. The summed E-state index contributed by atoms with van der Waals surface area (Å²) in [7, 11) is 0. The molecule has 0 amide bonds. The first kappa shape index (κ1) is 12.7.